The van der Waals surface area contributed by atoms with Crippen LogP contribution in [-0.2, 0) is 0 Å². The Balaban J connectivity index is 2.23. The molecule has 0 radical (unpaired) electrons. The number of anilines is 1. The standard InChI is InChI=1S/C13H15ClN4O2/c1-8(2)19-12-16-11(15-3)17-13(18-12)20-10-6-4-9(14)5-7-10/h4-8H,1-3H3,(H,15,16,17,18). The lowest BCUT2D eigenvalue weighted by molar-refractivity contribution is 0.218. The number of hydrogen-bond donors (Lipinski definition) is 1. The van der Waals surface area contributed by atoms with Crippen LogP contribution in [0, 0.1) is 0 Å². The molecule has 2 aromatic rings. The van der Waals surface area contributed by atoms with Crippen molar-refractivity contribution < 1.29 is 9.47 Å². The van der Waals surface area contributed by atoms with Gasteiger partial charge < -0.3 is 14.8 Å². The summed E-state index contributed by atoms with van der Waals surface area (Å²) in [6.07, 6.45) is -0.0366. The zero-order chi connectivity index (χ0) is 14.5. The van der Waals surface area contributed by atoms with Crippen LogP contribution in [0.2, 0.25) is 5.02 Å². The second kappa shape index (κ2) is 6.38. The van der Waals surface area contributed by atoms with Crippen molar-refractivity contribution in [1.82, 2.24) is 15.0 Å². The minimum Gasteiger partial charge on any atom is -0.461 e. The summed E-state index contributed by atoms with van der Waals surface area (Å²) in [5, 5.41) is 3.46. The summed E-state index contributed by atoms with van der Waals surface area (Å²) < 4.78 is 11.0. The van der Waals surface area contributed by atoms with E-state index in [1.54, 1.807) is 31.3 Å². The Labute approximate surface area is 122 Å². The summed E-state index contributed by atoms with van der Waals surface area (Å²) in [5.41, 5.74) is 0. The molecular formula is C13H15ClN4O2. The second-order valence-electron chi connectivity index (χ2n) is 4.20. The van der Waals surface area contributed by atoms with E-state index in [9.17, 15) is 0 Å². The number of rotatable bonds is 5. The molecule has 2 rings (SSSR count). The van der Waals surface area contributed by atoms with Crippen LogP contribution < -0.4 is 14.8 Å². The monoisotopic (exact) mass is 294 g/mol. The van der Waals surface area contributed by atoms with Crippen LogP contribution >= 0.6 is 11.6 Å². The first-order valence-electron chi connectivity index (χ1n) is 6.10. The molecule has 0 saturated carbocycles. The van der Waals surface area contributed by atoms with Gasteiger partial charge in [0, 0.05) is 12.1 Å². The van der Waals surface area contributed by atoms with Gasteiger partial charge in [0.05, 0.1) is 6.10 Å². The average Bonchev–Trinajstić information content (AvgIpc) is 2.40. The fourth-order valence-electron chi connectivity index (χ4n) is 1.37. The lowest BCUT2D eigenvalue weighted by Gasteiger charge is -2.10. The van der Waals surface area contributed by atoms with Crippen LogP contribution in [0.3, 0.4) is 0 Å². The van der Waals surface area contributed by atoms with E-state index >= 15 is 0 Å². The first-order chi connectivity index (χ1) is 9.56. The molecule has 0 spiro atoms. The summed E-state index contributed by atoms with van der Waals surface area (Å²) in [7, 11) is 1.71. The molecule has 0 saturated heterocycles. The van der Waals surface area contributed by atoms with E-state index in [0.29, 0.717) is 16.7 Å². The Kier molecular flexibility index (Phi) is 4.57. The largest absolute Gasteiger partial charge is 0.461 e. The van der Waals surface area contributed by atoms with Crippen LogP contribution in [-0.4, -0.2) is 28.1 Å². The van der Waals surface area contributed by atoms with E-state index in [0.717, 1.165) is 0 Å². The molecule has 0 aliphatic rings. The van der Waals surface area contributed by atoms with E-state index in [1.807, 2.05) is 13.8 Å². The van der Waals surface area contributed by atoms with Crippen molar-refractivity contribution in [3.8, 4) is 17.8 Å². The highest BCUT2D eigenvalue weighted by Crippen LogP contribution is 2.22. The van der Waals surface area contributed by atoms with Gasteiger partial charge in [0.1, 0.15) is 5.75 Å². The molecule has 20 heavy (non-hydrogen) atoms. The lowest BCUT2D eigenvalue weighted by atomic mass is 10.3. The van der Waals surface area contributed by atoms with Crippen molar-refractivity contribution in [3.05, 3.63) is 29.3 Å². The number of nitrogens with one attached hydrogen (secondary N) is 1. The predicted molar refractivity (Wildman–Crippen MR) is 76.7 cm³/mol. The molecule has 7 heteroatoms. The van der Waals surface area contributed by atoms with Crippen LogP contribution in [0.25, 0.3) is 0 Å². The Morgan fingerprint density at radius 1 is 1.05 bits per heavy atom. The number of benzene rings is 1. The third kappa shape index (κ3) is 3.96. The zero-order valence-corrected chi connectivity index (χ0v) is 12.2. The van der Waals surface area contributed by atoms with Gasteiger partial charge in [0.2, 0.25) is 5.95 Å². The Hall–Kier alpha value is -2.08. The third-order valence-electron chi connectivity index (χ3n) is 2.18. The van der Waals surface area contributed by atoms with E-state index in [2.05, 4.69) is 20.3 Å². The molecular weight excluding hydrogens is 280 g/mol. The first kappa shape index (κ1) is 14.3. The van der Waals surface area contributed by atoms with Crippen molar-refractivity contribution in [2.75, 3.05) is 12.4 Å². The number of ether oxygens (including phenoxy) is 2. The molecule has 106 valence electrons. The molecule has 0 unspecified atom stereocenters. The third-order valence-corrected chi connectivity index (χ3v) is 2.43. The van der Waals surface area contributed by atoms with Gasteiger partial charge in [-0.05, 0) is 38.1 Å². The molecule has 0 amide bonds. The summed E-state index contributed by atoms with van der Waals surface area (Å²) >= 11 is 5.82. The normalized spacial score (nSPS) is 10.4. The van der Waals surface area contributed by atoms with Crippen molar-refractivity contribution >= 4 is 17.5 Å². The van der Waals surface area contributed by atoms with Crippen molar-refractivity contribution in [2.45, 2.75) is 20.0 Å². The summed E-state index contributed by atoms with van der Waals surface area (Å²) in [6.45, 7) is 3.78. The van der Waals surface area contributed by atoms with Gasteiger partial charge in [0.15, 0.2) is 0 Å². The summed E-state index contributed by atoms with van der Waals surface area (Å²) in [5.74, 6) is 0.956. The first-order valence-corrected chi connectivity index (χ1v) is 6.48. The van der Waals surface area contributed by atoms with E-state index in [-0.39, 0.29) is 18.1 Å². The molecule has 1 aromatic heterocycles. The van der Waals surface area contributed by atoms with Gasteiger partial charge in [-0.25, -0.2) is 0 Å². The SMILES string of the molecule is CNc1nc(Oc2ccc(Cl)cc2)nc(OC(C)C)n1. The second-order valence-corrected chi connectivity index (χ2v) is 4.63. The van der Waals surface area contributed by atoms with Gasteiger partial charge in [-0.1, -0.05) is 11.6 Å². The number of halogens is 1. The molecule has 0 aliphatic carbocycles. The maximum Gasteiger partial charge on any atom is 0.330 e. The van der Waals surface area contributed by atoms with E-state index < -0.39 is 0 Å². The van der Waals surface area contributed by atoms with Crippen molar-refractivity contribution in [2.24, 2.45) is 0 Å². The van der Waals surface area contributed by atoms with Crippen LogP contribution in [0.5, 0.6) is 17.8 Å². The molecule has 1 heterocycles. The minimum atomic E-state index is -0.0366. The maximum atomic E-state index is 5.82. The molecule has 1 N–H and O–H groups in total. The highest BCUT2D eigenvalue weighted by atomic mass is 35.5. The Morgan fingerprint density at radius 2 is 1.70 bits per heavy atom. The van der Waals surface area contributed by atoms with Gasteiger partial charge in [-0.15, -0.1) is 4.98 Å². The topological polar surface area (TPSA) is 69.2 Å². The Morgan fingerprint density at radius 3 is 2.30 bits per heavy atom. The predicted octanol–water partition coefficient (Wildman–Crippen LogP) is 3.15. The molecule has 1 aromatic carbocycles. The number of hydrogen-bond acceptors (Lipinski definition) is 6. The molecule has 6 nitrogen and oxygen atoms in total. The summed E-state index contributed by atoms with van der Waals surface area (Å²) in [4.78, 5) is 12.3. The molecule has 0 bridgehead atoms. The van der Waals surface area contributed by atoms with Gasteiger partial charge in [-0.2, -0.15) is 9.97 Å². The van der Waals surface area contributed by atoms with Gasteiger partial charge in [-0.3, -0.25) is 0 Å². The number of nitrogens with zero attached hydrogens (tertiary/aromatic N) is 3. The van der Waals surface area contributed by atoms with Crippen LogP contribution in [0.4, 0.5) is 5.95 Å². The fraction of sp³-hybridized carbons (Fsp3) is 0.308. The van der Waals surface area contributed by atoms with Crippen molar-refractivity contribution in [1.29, 1.82) is 0 Å². The number of aromatic nitrogens is 3. The molecule has 0 atom stereocenters. The summed E-state index contributed by atoms with van der Waals surface area (Å²) in [6, 6.07) is 7.28. The molecule has 0 aliphatic heterocycles. The lowest BCUT2D eigenvalue weighted by Crippen LogP contribution is -2.11. The average molecular weight is 295 g/mol. The smallest absolute Gasteiger partial charge is 0.330 e. The Bertz CT molecular complexity index is 575. The highest BCUT2D eigenvalue weighted by Gasteiger charge is 2.10. The van der Waals surface area contributed by atoms with Gasteiger partial charge >= 0.3 is 12.0 Å². The molecule has 0 fully saturated rings. The van der Waals surface area contributed by atoms with Gasteiger partial charge in [0.25, 0.3) is 0 Å². The maximum absolute atomic E-state index is 5.82. The quantitative estimate of drug-likeness (QED) is 0.913. The van der Waals surface area contributed by atoms with E-state index in [1.165, 1.54) is 0 Å². The minimum absolute atomic E-state index is 0.0366. The fourth-order valence-corrected chi connectivity index (χ4v) is 1.49. The van der Waals surface area contributed by atoms with E-state index in [4.69, 9.17) is 21.1 Å². The van der Waals surface area contributed by atoms with Crippen LogP contribution in [0.15, 0.2) is 24.3 Å². The highest BCUT2D eigenvalue weighted by molar-refractivity contribution is 6.30. The zero-order valence-electron chi connectivity index (χ0n) is 11.4. The van der Waals surface area contributed by atoms with Crippen LogP contribution in [0.1, 0.15) is 13.8 Å². The van der Waals surface area contributed by atoms with Crippen molar-refractivity contribution in [3.63, 3.8) is 0 Å².